The van der Waals surface area contributed by atoms with E-state index >= 15 is 0 Å². The van der Waals surface area contributed by atoms with Gasteiger partial charge in [0.2, 0.25) is 35.2 Å². The second-order valence-electron chi connectivity index (χ2n) is 19.3. The summed E-state index contributed by atoms with van der Waals surface area (Å²) in [6.45, 7) is 31.3. The maximum absolute atomic E-state index is 13.1. The number of hydrogen-bond donors (Lipinski definition) is 0. The molecule has 0 aromatic heterocycles. The fourth-order valence-electron chi connectivity index (χ4n) is 9.12. The molecule has 1 aromatic carbocycles. The number of aryl methyl sites for hydroxylation is 1. The van der Waals surface area contributed by atoms with E-state index in [1.807, 2.05) is 37.4 Å². The van der Waals surface area contributed by atoms with E-state index in [1.54, 1.807) is 58.9 Å². The Balaban J connectivity index is -0.000000184. The van der Waals surface area contributed by atoms with Crippen LogP contribution in [0, 0.1) is 13.0 Å². The molecule has 13 rings (SSSR count). The summed E-state index contributed by atoms with van der Waals surface area (Å²) in [6, 6.07) is 10.8. The van der Waals surface area contributed by atoms with Crippen LogP contribution in [-0.2, 0) is 197 Å². The zero-order valence-corrected chi connectivity index (χ0v) is 91.8. The smallest absolute Gasteiger partial charge is 1.00 e. The van der Waals surface area contributed by atoms with Gasteiger partial charge in [-0.3, -0.25) is 0 Å². The quantitative estimate of drug-likeness (QED) is 0.132. The molecule has 1 aromatic rings. The van der Waals surface area contributed by atoms with Crippen molar-refractivity contribution >= 4 is 212 Å². The molecular formula is C30H80BrCl2MgNa4O28Si19Y3. The Hall–Kier alpha value is 11.4. The third-order valence-electron chi connectivity index (χ3n) is 9.62. The summed E-state index contributed by atoms with van der Waals surface area (Å²) in [5, 5.41) is 0. The van der Waals surface area contributed by atoms with Crippen molar-refractivity contribution < 1.29 is 351 Å². The van der Waals surface area contributed by atoms with Gasteiger partial charge < -0.3 is 135 Å². The molecule has 480 valence electrons. The summed E-state index contributed by atoms with van der Waals surface area (Å²) in [5.74, 6) is 0. The number of benzene rings is 1. The van der Waals surface area contributed by atoms with E-state index in [0.717, 1.165) is 26.2 Å². The third-order valence-corrected chi connectivity index (χ3v) is 79.5. The summed E-state index contributed by atoms with van der Waals surface area (Å²) in [4.78, 5) is 52.4. The maximum atomic E-state index is 13.1. The standard InChI is InChI=1S/C10H30O14Si10.C8H24O14Si8.C7H7.CH3Cl2Si.4CH4.BrH.Mg.4Na.3Y/c1-25-11-27(3)15-31(7)19-29(5)13-26(2)14-30(6)21-33(9,23-31)17-28(4,12-25)18-34(10,22-30)24-32(8,16-27)20-29;1-23(9)13-27(5)15-24(2,10)16-28(6,14-23)22-30(8)18-25(3,11)17-29(7,21-27)19-26(4,12)20-30;1-7-5-3-2-4-6-7;1-4(2)3;;;;;;;;;;;;;/h1-10H3;1-8H3;3-6H,1H3;1H3;4*1H4;1H;;;;;;;;/q;-4;-1;;;;;;;+2;4*+1;;;/p-1. The zero-order valence-electron chi connectivity index (χ0n) is 51.8. The molecule has 12 saturated heterocycles. The minimum absolute atomic E-state index is 0. The van der Waals surface area contributed by atoms with E-state index in [2.05, 4.69) is 13.0 Å². The molecule has 58 heteroatoms. The van der Waals surface area contributed by atoms with Crippen molar-refractivity contribution in [1.82, 2.24) is 0 Å². The van der Waals surface area contributed by atoms with Crippen LogP contribution in [0.15, 0.2) is 24.3 Å². The SMILES string of the molecule is C.C.C.C.C[Si](Cl)Cl.C[Si]1([O-])O[Si]2(C)O[Si](C)([O-])O[Si](C)(O1)O[Si]1(C)O[Si](C)([O-])O[Si](C)(O[Si](C)([O-])O1)O2.C[Si]1O[Si]2(C)O[Si]3(C)O[Si]4(C)O[Si](C)O[Si]5(C)O[Si](C)(O[Si](C)(O1)O[Si](C)(O5)O[Si](C)(O2)O4)O3.Cc1cc[c-]cc1.[Br-].[Mg+2].[Na+].[Na+].[Na+].[Na+].[Y].[Y].[Y]. The molecule has 12 aliphatic heterocycles. The molecule has 12 aliphatic rings. The molecule has 12 fully saturated rings. The first-order chi connectivity index (χ1) is 33.5. The minimum atomic E-state index is -4.31. The van der Waals surface area contributed by atoms with Crippen molar-refractivity contribution in [2.45, 2.75) is 161 Å². The Kier molecular flexibility index (Phi) is 55.4. The van der Waals surface area contributed by atoms with Crippen molar-refractivity contribution in [2.75, 3.05) is 0 Å². The Morgan fingerprint density at radius 2 is 0.477 bits per heavy atom. The van der Waals surface area contributed by atoms with Crippen LogP contribution in [0.3, 0.4) is 0 Å². The first-order valence-corrected chi connectivity index (χ1v) is 66.1. The number of halogens is 3. The van der Waals surface area contributed by atoms with Gasteiger partial charge >= 0.3 is 266 Å². The van der Waals surface area contributed by atoms with E-state index in [4.69, 9.17) is 121 Å². The van der Waals surface area contributed by atoms with Gasteiger partial charge in [0.25, 0.3) is 7.42 Å². The molecule has 12 heterocycles. The van der Waals surface area contributed by atoms with Crippen molar-refractivity contribution in [2.24, 2.45) is 0 Å². The molecule has 6 radical (unpaired) electrons. The fourth-order valence-corrected chi connectivity index (χ4v) is 94.1. The molecule has 0 unspecified atom stereocenters. The van der Waals surface area contributed by atoms with Crippen LogP contribution in [0.4, 0.5) is 0 Å². The summed E-state index contributed by atoms with van der Waals surface area (Å²) in [7, 11) is -67.5. The maximum Gasteiger partial charge on any atom is 2.00 e. The molecule has 12 bridgehead atoms. The topological polar surface area (TPSA) is 314 Å². The third kappa shape index (κ3) is 35.6. The van der Waals surface area contributed by atoms with E-state index < -0.39 is 167 Å². The first kappa shape index (κ1) is 115. The van der Waals surface area contributed by atoms with Crippen LogP contribution in [0.1, 0.15) is 35.3 Å². The molecule has 0 aliphatic carbocycles. The molecule has 0 saturated carbocycles. The molecule has 88 heavy (non-hydrogen) atoms. The van der Waals surface area contributed by atoms with E-state index in [1.165, 1.54) is 31.8 Å². The first-order valence-electron chi connectivity index (χ1n) is 22.8. The largest absolute Gasteiger partial charge is 2.00 e. The van der Waals surface area contributed by atoms with Gasteiger partial charge in [-0.1, -0.05) is 36.6 Å². The summed E-state index contributed by atoms with van der Waals surface area (Å²) < 4.78 is 148. The monoisotopic (exact) mass is 1950 g/mol. The van der Waals surface area contributed by atoms with Gasteiger partial charge in [-0.2, -0.15) is 35.9 Å². The minimum Gasteiger partial charge on any atom is -1.00 e. The predicted octanol–water partition coefficient (Wildman–Crippen LogP) is -12.2. The van der Waals surface area contributed by atoms with Gasteiger partial charge in [-0.25, -0.2) is 0 Å². The second-order valence-corrected chi connectivity index (χ2v) is 73.3. The molecule has 0 spiro atoms. The second kappa shape index (κ2) is 42.4. The summed E-state index contributed by atoms with van der Waals surface area (Å²) >= 11 is 10.3. The van der Waals surface area contributed by atoms with Crippen molar-refractivity contribution in [3.05, 3.63) is 35.9 Å². The van der Waals surface area contributed by atoms with Gasteiger partial charge in [-0.05, 0) is 45.8 Å². The van der Waals surface area contributed by atoms with Gasteiger partial charge in [0.1, 0.15) is 0 Å². The van der Waals surface area contributed by atoms with Crippen molar-refractivity contribution in [3.63, 3.8) is 0 Å². The van der Waals surface area contributed by atoms with Crippen LogP contribution in [0.5, 0.6) is 0 Å². The zero-order chi connectivity index (χ0) is 56.8. The van der Waals surface area contributed by atoms with Gasteiger partial charge in [-0.15, -0.1) is 22.2 Å². The molecule has 0 atom stereocenters. The molecule has 0 N–H and O–H groups in total. The van der Waals surface area contributed by atoms with Gasteiger partial charge in [0.15, 0.2) is 0 Å². The summed E-state index contributed by atoms with van der Waals surface area (Å²) in [6.07, 6.45) is 0. The average Bonchev–Trinajstić information content (AvgIpc) is 3.02. The van der Waals surface area contributed by atoms with Gasteiger partial charge in [0, 0.05) is 177 Å². The Morgan fingerprint density at radius 1 is 0.352 bits per heavy atom. The predicted molar refractivity (Wildman–Crippen MR) is 321 cm³/mol. The van der Waals surface area contributed by atoms with Crippen LogP contribution in [0.2, 0.25) is 124 Å². The number of fused-ring (bicyclic) bond motifs is 4. The molecule has 0 amide bonds. The summed E-state index contributed by atoms with van der Waals surface area (Å²) in [5.41, 5.74) is 1.29. The van der Waals surface area contributed by atoms with Crippen molar-refractivity contribution in [1.29, 1.82) is 0 Å². The Bertz CT molecular complexity index is 1950. The van der Waals surface area contributed by atoms with Crippen molar-refractivity contribution in [3.8, 4) is 0 Å². The average molecular weight is 1960 g/mol. The van der Waals surface area contributed by atoms with Crippen LogP contribution < -0.4 is 154 Å². The normalized spacial score (nSPS) is 44.5. The molecule has 28 nitrogen and oxygen atoms in total. The van der Waals surface area contributed by atoms with E-state index in [0.29, 0.717) is 0 Å². The van der Waals surface area contributed by atoms with Gasteiger partial charge in [0.05, 0.1) is 0 Å². The Morgan fingerprint density at radius 3 is 0.602 bits per heavy atom. The van der Waals surface area contributed by atoms with Crippen LogP contribution in [0.25, 0.3) is 0 Å². The number of rotatable bonds is 0. The Labute approximate surface area is 746 Å². The van der Waals surface area contributed by atoms with E-state index in [9.17, 15) is 19.2 Å². The fraction of sp³-hybridized carbons (Fsp3) is 0.800. The van der Waals surface area contributed by atoms with E-state index in [-0.39, 0.29) is 286 Å². The number of hydrogen-bond acceptors (Lipinski definition) is 28. The van der Waals surface area contributed by atoms with Crippen LogP contribution in [-0.4, -0.2) is 190 Å². The van der Waals surface area contributed by atoms with Crippen LogP contribution >= 0.6 is 22.2 Å². The molecular weight excluding hydrogens is 1880 g/mol.